The van der Waals surface area contributed by atoms with E-state index in [0.29, 0.717) is 73.4 Å². The number of fused-ring (bicyclic) bond motifs is 2. The average Bonchev–Trinajstić information content (AvgIpc) is 3.67. The molecule has 1 amide bonds. The summed E-state index contributed by atoms with van der Waals surface area (Å²) >= 11 is 0. The third kappa shape index (κ3) is 7.73. The summed E-state index contributed by atoms with van der Waals surface area (Å²) in [7, 11) is -3.46. The van der Waals surface area contributed by atoms with Crippen LogP contribution in [0.5, 0.6) is 0 Å². The maximum absolute atomic E-state index is 15.4. The Balaban J connectivity index is 1.09. The van der Waals surface area contributed by atoms with Gasteiger partial charge in [-0.3, -0.25) is 4.31 Å². The Kier molecular flexibility index (Phi) is 9.34. The number of aromatic nitrogens is 3. The summed E-state index contributed by atoms with van der Waals surface area (Å²) < 4.78 is 47.1. The summed E-state index contributed by atoms with van der Waals surface area (Å²) in [5.41, 5.74) is 3.23. The van der Waals surface area contributed by atoms with Gasteiger partial charge in [-0.25, -0.2) is 17.6 Å². The molecule has 0 bridgehead atoms. The third-order valence-electron chi connectivity index (χ3n) is 8.29. The van der Waals surface area contributed by atoms with Gasteiger partial charge in [0.15, 0.2) is 0 Å². The number of piperidine rings is 1. The number of benzene rings is 2. The molecule has 4 aromatic rings. The molecule has 13 nitrogen and oxygen atoms in total. The number of para-hydroxylation sites is 1. The van der Waals surface area contributed by atoms with Gasteiger partial charge in [0.2, 0.25) is 16.0 Å². The average molecular weight is 680 g/mol. The number of ether oxygens (including phenoxy) is 1. The monoisotopic (exact) mass is 679 g/mol. The van der Waals surface area contributed by atoms with Crippen LogP contribution in [0.2, 0.25) is 0 Å². The molecule has 6 rings (SSSR count). The van der Waals surface area contributed by atoms with Crippen LogP contribution in [0, 0.1) is 5.82 Å². The lowest BCUT2D eigenvalue weighted by molar-refractivity contribution is 0.0527. The summed E-state index contributed by atoms with van der Waals surface area (Å²) in [5.74, 6) is 0.375. The molecule has 15 heteroatoms. The molecule has 48 heavy (non-hydrogen) atoms. The van der Waals surface area contributed by atoms with Crippen molar-refractivity contribution in [2.45, 2.75) is 51.7 Å². The van der Waals surface area contributed by atoms with Crippen LogP contribution in [0.3, 0.4) is 0 Å². The zero-order valence-electron chi connectivity index (χ0n) is 27.6. The molecule has 4 heterocycles. The molecule has 0 aliphatic carbocycles. The molecule has 2 aromatic carbocycles. The first-order valence-corrected chi connectivity index (χ1v) is 17.9. The van der Waals surface area contributed by atoms with E-state index in [1.165, 1.54) is 16.6 Å². The van der Waals surface area contributed by atoms with E-state index in [4.69, 9.17) is 9.72 Å². The van der Waals surface area contributed by atoms with Crippen molar-refractivity contribution in [1.29, 1.82) is 0 Å². The lowest BCUT2D eigenvalue weighted by atomic mass is 10.0. The highest BCUT2D eigenvalue weighted by molar-refractivity contribution is 7.92. The standard InChI is InChI=1S/C33H42FN9O4S/c1-33(2,3)47-32(44)37-16-15-35-22-12-17-42(18-13-22)27-9-8-23(20-25(27)34)38-31-40-29-24(10-14-36-29)30(41-31)39-26-7-5-6-21-11-19-43(28(21)26)48(4,45)46/h5-10,14,20,22,35H,11-13,15-19H2,1-4H3,(H,37,44)(H3,36,38,39,40,41). The Morgan fingerprint density at radius 1 is 1.06 bits per heavy atom. The van der Waals surface area contributed by atoms with Crippen molar-refractivity contribution in [2.75, 3.05) is 58.8 Å². The van der Waals surface area contributed by atoms with E-state index in [9.17, 15) is 13.2 Å². The smallest absolute Gasteiger partial charge is 0.407 e. The van der Waals surface area contributed by atoms with Crippen LogP contribution in [-0.2, 0) is 21.2 Å². The minimum atomic E-state index is -3.46. The highest BCUT2D eigenvalue weighted by Crippen LogP contribution is 2.39. The number of nitrogens with one attached hydrogen (secondary N) is 5. The summed E-state index contributed by atoms with van der Waals surface area (Å²) in [6.07, 6.45) is 4.84. The Morgan fingerprint density at radius 2 is 1.85 bits per heavy atom. The number of alkyl carbamates (subject to hydrolysis) is 1. The molecule has 0 spiro atoms. The quantitative estimate of drug-likeness (QED) is 0.145. The zero-order chi connectivity index (χ0) is 34.1. The van der Waals surface area contributed by atoms with Crippen molar-refractivity contribution >= 4 is 61.7 Å². The van der Waals surface area contributed by atoms with Crippen molar-refractivity contribution in [3.05, 3.63) is 60.0 Å². The molecule has 0 saturated carbocycles. The lowest BCUT2D eigenvalue weighted by Crippen LogP contribution is -2.45. The fourth-order valence-corrected chi connectivity index (χ4v) is 7.09. The Labute approximate surface area is 279 Å². The van der Waals surface area contributed by atoms with Crippen LogP contribution in [-0.4, -0.2) is 80.1 Å². The normalized spacial score (nSPS) is 15.4. The highest BCUT2D eigenvalue weighted by Gasteiger charge is 2.29. The van der Waals surface area contributed by atoms with Gasteiger partial charge in [0.25, 0.3) is 0 Å². The fraction of sp³-hybridized carbons (Fsp3) is 0.424. The molecule has 2 aromatic heterocycles. The maximum atomic E-state index is 15.4. The molecule has 2 aliphatic rings. The van der Waals surface area contributed by atoms with E-state index in [1.807, 2.05) is 49.9 Å². The molecule has 5 N–H and O–H groups in total. The first-order valence-electron chi connectivity index (χ1n) is 16.1. The van der Waals surface area contributed by atoms with Crippen molar-refractivity contribution in [3.63, 3.8) is 0 Å². The first-order chi connectivity index (χ1) is 22.8. The molecule has 2 aliphatic heterocycles. The topological polar surface area (TPSA) is 157 Å². The number of hydrogen-bond donors (Lipinski definition) is 5. The largest absolute Gasteiger partial charge is 0.444 e. The fourth-order valence-electron chi connectivity index (χ4n) is 6.12. The van der Waals surface area contributed by atoms with Crippen LogP contribution in [0.4, 0.5) is 43.7 Å². The molecule has 0 unspecified atom stereocenters. The highest BCUT2D eigenvalue weighted by atomic mass is 32.2. The third-order valence-corrected chi connectivity index (χ3v) is 9.45. The van der Waals surface area contributed by atoms with Gasteiger partial charge in [-0.05, 0) is 75.9 Å². The zero-order valence-corrected chi connectivity index (χ0v) is 28.4. The molecular weight excluding hydrogens is 637 g/mol. The number of nitrogens with zero attached hydrogens (tertiary/aromatic N) is 4. The predicted molar refractivity (Wildman–Crippen MR) is 187 cm³/mol. The summed E-state index contributed by atoms with van der Waals surface area (Å²) in [5, 5.41) is 13.4. The van der Waals surface area contributed by atoms with Crippen molar-refractivity contribution in [2.24, 2.45) is 0 Å². The van der Waals surface area contributed by atoms with E-state index in [0.717, 1.165) is 23.8 Å². The van der Waals surface area contributed by atoms with Gasteiger partial charge < -0.3 is 35.9 Å². The molecular formula is C33H42FN9O4S. The van der Waals surface area contributed by atoms with Gasteiger partial charge in [0, 0.05) is 50.6 Å². The van der Waals surface area contributed by atoms with Gasteiger partial charge in [-0.1, -0.05) is 12.1 Å². The summed E-state index contributed by atoms with van der Waals surface area (Å²) in [6, 6.07) is 12.8. The number of carbonyl (C=O) groups excluding carboxylic acids is 1. The molecule has 0 atom stereocenters. The Hall–Kier alpha value is -4.63. The van der Waals surface area contributed by atoms with Gasteiger partial charge in [0.05, 0.1) is 28.7 Å². The van der Waals surface area contributed by atoms with Gasteiger partial charge >= 0.3 is 6.09 Å². The predicted octanol–water partition coefficient (Wildman–Crippen LogP) is 4.99. The number of H-pyrrole nitrogens is 1. The van der Waals surface area contributed by atoms with Gasteiger partial charge in [-0.2, -0.15) is 9.97 Å². The van der Waals surface area contributed by atoms with Crippen molar-refractivity contribution in [3.8, 4) is 0 Å². The van der Waals surface area contributed by atoms with Gasteiger partial charge in [0.1, 0.15) is 22.9 Å². The number of rotatable bonds is 10. The maximum Gasteiger partial charge on any atom is 0.407 e. The Morgan fingerprint density at radius 3 is 2.58 bits per heavy atom. The van der Waals surface area contributed by atoms with E-state index in [-0.39, 0.29) is 17.8 Å². The van der Waals surface area contributed by atoms with Crippen molar-refractivity contribution < 1.29 is 22.3 Å². The van der Waals surface area contributed by atoms with E-state index in [1.54, 1.807) is 18.3 Å². The number of carbonyl (C=O) groups is 1. The van der Waals surface area contributed by atoms with Gasteiger partial charge in [-0.15, -0.1) is 0 Å². The number of anilines is 6. The van der Waals surface area contributed by atoms with E-state index in [2.05, 4.69) is 31.2 Å². The molecule has 1 fully saturated rings. The van der Waals surface area contributed by atoms with Crippen LogP contribution >= 0.6 is 0 Å². The van der Waals surface area contributed by atoms with Crippen LogP contribution in [0.25, 0.3) is 11.0 Å². The molecule has 256 valence electrons. The number of halogens is 1. The van der Waals surface area contributed by atoms with Crippen LogP contribution in [0.1, 0.15) is 39.2 Å². The minimum absolute atomic E-state index is 0.250. The van der Waals surface area contributed by atoms with Crippen LogP contribution < -0.4 is 30.5 Å². The minimum Gasteiger partial charge on any atom is -0.444 e. The number of hydrogen-bond acceptors (Lipinski definition) is 10. The molecule has 1 saturated heterocycles. The number of sulfonamides is 1. The second-order valence-electron chi connectivity index (χ2n) is 13.1. The van der Waals surface area contributed by atoms with E-state index >= 15 is 4.39 Å². The Bertz CT molecular complexity index is 1900. The molecule has 0 radical (unpaired) electrons. The second kappa shape index (κ2) is 13.5. The first kappa shape index (κ1) is 33.3. The van der Waals surface area contributed by atoms with E-state index < -0.39 is 21.7 Å². The lowest BCUT2D eigenvalue weighted by Gasteiger charge is -2.34. The van der Waals surface area contributed by atoms with Crippen LogP contribution in [0.15, 0.2) is 48.7 Å². The van der Waals surface area contributed by atoms with Crippen molar-refractivity contribution in [1.82, 2.24) is 25.6 Å². The summed E-state index contributed by atoms with van der Waals surface area (Å²) in [4.78, 5) is 26.2. The second-order valence-corrected chi connectivity index (χ2v) is 15.0. The number of aromatic amines is 1. The number of amides is 1. The SMILES string of the molecule is CC(C)(C)OC(=O)NCCNC1CCN(c2ccc(Nc3nc(Nc4cccc5c4N(S(C)(=O)=O)CC5)c4cc[nH]c4n3)cc2F)CC1. The summed E-state index contributed by atoms with van der Waals surface area (Å²) in [6.45, 7) is 8.35.